The van der Waals surface area contributed by atoms with Crippen molar-refractivity contribution in [3.63, 3.8) is 0 Å². The van der Waals surface area contributed by atoms with Crippen LogP contribution in [0.15, 0.2) is 6.07 Å². The van der Waals surface area contributed by atoms with Crippen LogP contribution in [-0.4, -0.2) is 54.4 Å². The van der Waals surface area contributed by atoms with E-state index < -0.39 is 34.3 Å². The first-order valence-corrected chi connectivity index (χ1v) is 9.13. The van der Waals surface area contributed by atoms with Crippen molar-refractivity contribution in [2.24, 2.45) is 0 Å². The molecule has 0 aliphatic carbocycles. The second kappa shape index (κ2) is 5.76. The summed E-state index contributed by atoms with van der Waals surface area (Å²) in [5.74, 6) is -1.70. The molecule has 1 unspecified atom stereocenters. The Balaban J connectivity index is 2.30. The van der Waals surface area contributed by atoms with Crippen LogP contribution < -0.4 is 0 Å². The molecular formula is C13H17NO5S2. The van der Waals surface area contributed by atoms with Crippen molar-refractivity contribution in [1.82, 2.24) is 4.90 Å². The minimum Gasteiger partial charge on any atom is -0.480 e. The van der Waals surface area contributed by atoms with Crippen LogP contribution in [0.1, 0.15) is 26.5 Å². The van der Waals surface area contributed by atoms with Crippen molar-refractivity contribution >= 4 is 33.1 Å². The summed E-state index contributed by atoms with van der Waals surface area (Å²) in [5, 5.41) is 9.00. The number of nitrogens with zero attached hydrogens (tertiary/aromatic N) is 1. The van der Waals surface area contributed by atoms with Gasteiger partial charge in [0.1, 0.15) is 6.54 Å². The maximum absolute atomic E-state index is 12.6. The third kappa shape index (κ3) is 3.62. The lowest BCUT2D eigenvalue weighted by atomic mass is 10.1. The molecule has 1 N–H and O–H groups in total. The predicted octanol–water partition coefficient (Wildman–Crippen LogP) is 1.08. The Labute approximate surface area is 127 Å². The summed E-state index contributed by atoms with van der Waals surface area (Å²) in [6.07, 6.45) is 0.295. The third-order valence-corrected chi connectivity index (χ3v) is 6.20. The van der Waals surface area contributed by atoms with E-state index in [-0.39, 0.29) is 11.5 Å². The van der Waals surface area contributed by atoms with Crippen LogP contribution in [0.2, 0.25) is 0 Å². The summed E-state index contributed by atoms with van der Waals surface area (Å²) in [6.45, 7) is 3.19. The zero-order valence-electron chi connectivity index (χ0n) is 11.8. The molecule has 2 heterocycles. The Morgan fingerprint density at radius 1 is 1.43 bits per heavy atom. The highest BCUT2D eigenvalue weighted by Gasteiger charge is 2.36. The number of rotatable bonds is 4. The smallest absolute Gasteiger partial charge is 0.323 e. The number of hydrogen-bond donors (Lipinski definition) is 1. The molecule has 0 saturated carbocycles. The zero-order valence-corrected chi connectivity index (χ0v) is 13.5. The Kier molecular flexibility index (Phi) is 4.38. The van der Waals surface area contributed by atoms with Gasteiger partial charge in [0.25, 0.3) is 5.91 Å². The van der Waals surface area contributed by atoms with Crippen molar-refractivity contribution < 1.29 is 23.1 Å². The van der Waals surface area contributed by atoms with Crippen molar-refractivity contribution in [3.05, 3.63) is 21.4 Å². The van der Waals surface area contributed by atoms with Gasteiger partial charge in [-0.3, -0.25) is 9.59 Å². The first kappa shape index (κ1) is 16.0. The fourth-order valence-electron chi connectivity index (χ4n) is 2.53. The van der Waals surface area contributed by atoms with E-state index in [9.17, 15) is 18.0 Å². The quantitative estimate of drug-likeness (QED) is 0.891. The molecule has 1 aromatic heterocycles. The molecule has 0 aromatic carbocycles. The molecule has 0 spiro atoms. The van der Waals surface area contributed by atoms with E-state index in [4.69, 9.17) is 5.11 Å². The second-order valence-corrected chi connectivity index (χ2v) is 8.90. The summed E-state index contributed by atoms with van der Waals surface area (Å²) in [7, 11) is -3.18. The molecule has 1 atom stereocenters. The van der Waals surface area contributed by atoms with Gasteiger partial charge in [-0.05, 0) is 26.3 Å². The molecule has 21 heavy (non-hydrogen) atoms. The number of hydrogen-bond acceptors (Lipinski definition) is 5. The van der Waals surface area contributed by atoms with Gasteiger partial charge >= 0.3 is 5.97 Å². The minimum atomic E-state index is -3.18. The average Bonchev–Trinajstić information content (AvgIpc) is 2.87. The Hall–Kier alpha value is -1.41. The van der Waals surface area contributed by atoms with Crippen LogP contribution in [-0.2, 0) is 14.6 Å². The van der Waals surface area contributed by atoms with Gasteiger partial charge in [-0.2, -0.15) is 0 Å². The summed E-state index contributed by atoms with van der Waals surface area (Å²) in [6, 6.07) is 1.17. The van der Waals surface area contributed by atoms with E-state index in [0.717, 1.165) is 9.75 Å². The molecule has 1 saturated heterocycles. The number of carbonyl (C=O) groups is 2. The van der Waals surface area contributed by atoms with Gasteiger partial charge < -0.3 is 10.0 Å². The van der Waals surface area contributed by atoms with E-state index in [0.29, 0.717) is 12.0 Å². The van der Waals surface area contributed by atoms with E-state index in [2.05, 4.69) is 0 Å². The molecule has 0 bridgehead atoms. The van der Waals surface area contributed by atoms with Crippen LogP contribution in [0.25, 0.3) is 0 Å². The molecule has 0 radical (unpaired) electrons. The van der Waals surface area contributed by atoms with Crippen molar-refractivity contribution in [2.45, 2.75) is 26.3 Å². The fourth-order valence-corrected chi connectivity index (χ4v) is 5.18. The van der Waals surface area contributed by atoms with Gasteiger partial charge in [-0.15, -0.1) is 11.3 Å². The van der Waals surface area contributed by atoms with Crippen LogP contribution in [0.4, 0.5) is 0 Å². The number of amides is 1. The average molecular weight is 331 g/mol. The van der Waals surface area contributed by atoms with E-state index >= 15 is 0 Å². The molecule has 8 heteroatoms. The SMILES string of the molecule is Cc1cc(C(=O)N(CC(=O)O)C2CCS(=O)(=O)C2)c(C)s1. The maximum Gasteiger partial charge on any atom is 0.323 e. The lowest BCUT2D eigenvalue weighted by molar-refractivity contribution is -0.138. The Bertz CT molecular complexity index is 677. The minimum absolute atomic E-state index is 0.00269. The van der Waals surface area contributed by atoms with Gasteiger partial charge in [0, 0.05) is 15.8 Å². The van der Waals surface area contributed by atoms with Gasteiger partial charge in [0.05, 0.1) is 17.1 Å². The normalized spacial score (nSPS) is 20.4. The highest BCUT2D eigenvalue weighted by Crippen LogP contribution is 2.25. The maximum atomic E-state index is 12.6. The Morgan fingerprint density at radius 2 is 2.10 bits per heavy atom. The van der Waals surface area contributed by atoms with E-state index in [1.54, 1.807) is 13.0 Å². The lowest BCUT2D eigenvalue weighted by Crippen LogP contribution is -2.44. The standard InChI is InChI=1S/C13H17NO5S2/c1-8-5-11(9(2)20-8)13(17)14(6-12(15)16)10-3-4-21(18,19)7-10/h5,10H,3-4,6-7H2,1-2H3,(H,15,16). The van der Waals surface area contributed by atoms with Crippen molar-refractivity contribution in [3.8, 4) is 0 Å². The number of carboxylic acids is 1. The van der Waals surface area contributed by atoms with Crippen molar-refractivity contribution in [1.29, 1.82) is 0 Å². The number of aliphatic carboxylic acids is 1. The fraction of sp³-hybridized carbons (Fsp3) is 0.538. The largest absolute Gasteiger partial charge is 0.480 e. The molecule has 116 valence electrons. The Morgan fingerprint density at radius 3 is 2.52 bits per heavy atom. The first-order chi connectivity index (χ1) is 9.69. The highest BCUT2D eigenvalue weighted by molar-refractivity contribution is 7.91. The van der Waals surface area contributed by atoms with E-state index in [1.165, 1.54) is 16.2 Å². The van der Waals surface area contributed by atoms with Gasteiger partial charge in [-0.1, -0.05) is 0 Å². The van der Waals surface area contributed by atoms with Gasteiger partial charge in [0.2, 0.25) is 0 Å². The number of thiophene rings is 1. The summed E-state index contributed by atoms with van der Waals surface area (Å²) < 4.78 is 23.2. The monoisotopic (exact) mass is 331 g/mol. The second-order valence-electron chi connectivity index (χ2n) is 5.21. The van der Waals surface area contributed by atoms with Crippen LogP contribution in [0.3, 0.4) is 0 Å². The molecule has 6 nitrogen and oxygen atoms in total. The summed E-state index contributed by atoms with van der Waals surface area (Å²) in [4.78, 5) is 26.6. The van der Waals surface area contributed by atoms with Crippen molar-refractivity contribution in [2.75, 3.05) is 18.1 Å². The predicted molar refractivity (Wildman–Crippen MR) is 79.5 cm³/mol. The number of carbonyl (C=O) groups excluding carboxylic acids is 1. The van der Waals surface area contributed by atoms with Gasteiger partial charge in [0.15, 0.2) is 9.84 Å². The summed E-state index contributed by atoms with van der Waals surface area (Å²) in [5.41, 5.74) is 0.461. The molecular weight excluding hydrogens is 314 g/mol. The van der Waals surface area contributed by atoms with Crippen LogP contribution >= 0.6 is 11.3 Å². The molecule has 1 aliphatic heterocycles. The third-order valence-electron chi connectivity index (χ3n) is 3.49. The van der Waals surface area contributed by atoms with E-state index in [1.807, 2.05) is 6.92 Å². The molecule has 2 rings (SSSR count). The lowest BCUT2D eigenvalue weighted by Gasteiger charge is -2.26. The van der Waals surface area contributed by atoms with Crippen LogP contribution in [0, 0.1) is 13.8 Å². The number of sulfone groups is 1. The highest BCUT2D eigenvalue weighted by atomic mass is 32.2. The summed E-state index contributed by atoms with van der Waals surface area (Å²) >= 11 is 1.46. The zero-order chi connectivity index (χ0) is 15.8. The van der Waals surface area contributed by atoms with Crippen LogP contribution in [0.5, 0.6) is 0 Å². The van der Waals surface area contributed by atoms with Gasteiger partial charge in [-0.25, -0.2) is 8.42 Å². The molecule has 1 aromatic rings. The molecule has 1 amide bonds. The topological polar surface area (TPSA) is 91.8 Å². The first-order valence-electron chi connectivity index (χ1n) is 6.50. The molecule has 1 aliphatic rings. The molecule has 1 fully saturated rings. The number of carboxylic acid groups (broad SMARTS) is 1. The number of aryl methyl sites for hydroxylation is 2.